The number of hydrogen-bond acceptors (Lipinski definition) is 2. The zero-order chi connectivity index (χ0) is 19.2. The van der Waals surface area contributed by atoms with Crippen molar-refractivity contribution in [1.82, 2.24) is 4.90 Å². The summed E-state index contributed by atoms with van der Waals surface area (Å²) in [5, 5.41) is 3.63. The average Bonchev–Trinajstić information content (AvgIpc) is 2.69. The van der Waals surface area contributed by atoms with Gasteiger partial charge in [0.2, 0.25) is 11.8 Å². The molecule has 2 aromatic carbocycles. The Labute approximate surface area is 164 Å². The number of carbonyl (C=O) groups is 2. The van der Waals surface area contributed by atoms with Gasteiger partial charge >= 0.3 is 0 Å². The van der Waals surface area contributed by atoms with E-state index in [2.05, 4.69) is 5.32 Å². The van der Waals surface area contributed by atoms with Gasteiger partial charge < -0.3 is 10.2 Å². The van der Waals surface area contributed by atoms with Crippen LogP contribution >= 0.6 is 11.6 Å². The molecule has 2 aromatic rings. The largest absolute Gasteiger partial charge is 0.339 e. The lowest BCUT2D eigenvalue weighted by Gasteiger charge is -2.30. The first-order chi connectivity index (χ1) is 13.0. The number of amides is 2. The van der Waals surface area contributed by atoms with Crippen molar-refractivity contribution in [2.45, 2.75) is 19.8 Å². The highest BCUT2D eigenvalue weighted by Crippen LogP contribution is 2.21. The third-order valence-electron chi connectivity index (χ3n) is 4.83. The lowest BCUT2D eigenvalue weighted by atomic mass is 9.95. The van der Waals surface area contributed by atoms with Crippen LogP contribution in [0.15, 0.2) is 54.6 Å². The quantitative estimate of drug-likeness (QED) is 0.789. The SMILES string of the molecule is Cc1ccc(/C=C/C(=O)N2CCC(C(=O)Nc3ccccc3)CC2)cc1Cl. The molecule has 0 unspecified atom stereocenters. The molecule has 5 heteroatoms. The minimum atomic E-state index is -0.0610. The lowest BCUT2D eigenvalue weighted by Crippen LogP contribution is -2.40. The second kappa shape index (κ2) is 8.87. The smallest absolute Gasteiger partial charge is 0.246 e. The molecule has 0 atom stereocenters. The number of aryl methyl sites for hydroxylation is 1. The standard InChI is InChI=1S/C22H23ClN2O2/c1-16-7-8-17(15-20(16)23)9-10-21(26)25-13-11-18(12-14-25)22(27)24-19-5-3-2-4-6-19/h2-10,15,18H,11-14H2,1H3,(H,24,27)/b10-9+. The molecule has 4 nitrogen and oxygen atoms in total. The first-order valence-electron chi connectivity index (χ1n) is 9.12. The molecule has 140 valence electrons. The highest BCUT2D eigenvalue weighted by Gasteiger charge is 2.26. The van der Waals surface area contributed by atoms with Gasteiger partial charge in [-0.15, -0.1) is 0 Å². The summed E-state index contributed by atoms with van der Waals surface area (Å²) < 4.78 is 0. The number of hydrogen-bond donors (Lipinski definition) is 1. The van der Waals surface area contributed by atoms with Crippen molar-refractivity contribution in [3.05, 3.63) is 70.8 Å². The van der Waals surface area contributed by atoms with Gasteiger partial charge in [0, 0.05) is 35.8 Å². The van der Waals surface area contributed by atoms with Gasteiger partial charge in [-0.1, -0.05) is 41.9 Å². The molecule has 1 saturated heterocycles. The topological polar surface area (TPSA) is 49.4 Å². The molecule has 2 amide bonds. The number of carbonyl (C=O) groups excluding carboxylic acids is 2. The highest BCUT2D eigenvalue weighted by atomic mass is 35.5. The number of nitrogens with zero attached hydrogens (tertiary/aromatic N) is 1. The molecule has 1 aliphatic rings. The van der Waals surface area contributed by atoms with E-state index in [9.17, 15) is 9.59 Å². The minimum absolute atomic E-state index is 0.0261. The van der Waals surface area contributed by atoms with E-state index in [-0.39, 0.29) is 17.7 Å². The van der Waals surface area contributed by atoms with E-state index in [0.717, 1.165) is 16.8 Å². The first kappa shape index (κ1) is 19.2. The Morgan fingerprint density at radius 3 is 2.48 bits per heavy atom. The van der Waals surface area contributed by atoms with Crippen LogP contribution < -0.4 is 5.32 Å². The van der Waals surface area contributed by atoms with E-state index in [1.165, 1.54) is 0 Å². The van der Waals surface area contributed by atoms with Gasteiger partial charge in [0.05, 0.1) is 0 Å². The minimum Gasteiger partial charge on any atom is -0.339 e. The Kier molecular flexibility index (Phi) is 6.30. The Morgan fingerprint density at radius 2 is 1.81 bits per heavy atom. The Balaban J connectivity index is 1.50. The number of rotatable bonds is 4. The van der Waals surface area contributed by atoms with Gasteiger partial charge in [-0.25, -0.2) is 0 Å². The van der Waals surface area contributed by atoms with Crippen molar-refractivity contribution in [2.24, 2.45) is 5.92 Å². The summed E-state index contributed by atoms with van der Waals surface area (Å²) in [5.41, 5.74) is 2.72. The molecule has 0 radical (unpaired) electrons. The van der Waals surface area contributed by atoms with Crippen LogP contribution in [0, 0.1) is 12.8 Å². The number of halogens is 1. The second-order valence-electron chi connectivity index (χ2n) is 6.80. The van der Waals surface area contributed by atoms with Crippen molar-refractivity contribution in [1.29, 1.82) is 0 Å². The summed E-state index contributed by atoms with van der Waals surface area (Å²) in [6, 6.07) is 15.2. The molecule has 0 aliphatic carbocycles. The zero-order valence-corrected chi connectivity index (χ0v) is 16.1. The number of anilines is 1. The molecule has 0 spiro atoms. The van der Waals surface area contributed by atoms with E-state index in [0.29, 0.717) is 31.0 Å². The fourth-order valence-corrected chi connectivity index (χ4v) is 3.30. The number of piperidine rings is 1. The molecule has 1 aliphatic heterocycles. The Morgan fingerprint density at radius 1 is 1.11 bits per heavy atom. The fraction of sp³-hybridized carbons (Fsp3) is 0.273. The molecule has 27 heavy (non-hydrogen) atoms. The van der Waals surface area contributed by atoms with Crippen molar-refractivity contribution >= 4 is 35.2 Å². The van der Waals surface area contributed by atoms with E-state index >= 15 is 0 Å². The van der Waals surface area contributed by atoms with Crippen LogP contribution in [0.2, 0.25) is 5.02 Å². The van der Waals surface area contributed by atoms with Crippen molar-refractivity contribution < 1.29 is 9.59 Å². The normalized spacial score (nSPS) is 15.1. The highest BCUT2D eigenvalue weighted by molar-refractivity contribution is 6.31. The summed E-state index contributed by atoms with van der Waals surface area (Å²) >= 11 is 6.11. The van der Waals surface area contributed by atoms with Gasteiger partial charge in [-0.3, -0.25) is 9.59 Å². The average molecular weight is 383 g/mol. The lowest BCUT2D eigenvalue weighted by molar-refractivity contribution is -0.130. The number of para-hydroxylation sites is 1. The van der Waals surface area contributed by atoms with Gasteiger partial charge in [-0.2, -0.15) is 0 Å². The van der Waals surface area contributed by atoms with Crippen LogP contribution in [0.4, 0.5) is 5.69 Å². The molecular formula is C22H23ClN2O2. The van der Waals surface area contributed by atoms with Crippen LogP contribution in [0.1, 0.15) is 24.0 Å². The molecule has 1 N–H and O–H groups in total. The van der Waals surface area contributed by atoms with E-state index in [4.69, 9.17) is 11.6 Å². The summed E-state index contributed by atoms with van der Waals surface area (Å²) in [5.74, 6) is -0.0686. The molecule has 3 rings (SSSR count). The second-order valence-corrected chi connectivity index (χ2v) is 7.20. The summed E-state index contributed by atoms with van der Waals surface area (Å²) in [4.78, 5) is 26.6. The van der Waals surface area contributed by atoms with Crippen molar-refractivity contribution in [2.75, 3.05) is 18.4 Å². The van der Waals surface area contributed by atoms with Gasteiger partial charge in [-0.05, 0) is 55.2 Å². The third-order valence-corrected chi connectivity index (χ3v) is 5.24. The molecule has 0 aromatic heterocycles. The summed E-state index contributed by atoms with van der Waals surface area (Å²) in [6.07, 6.45) is 4.70. The number of likely N-dealkylation sites (tertiary alicyclic amines) is 1. The molecule has 0 bridgehead atoms. The maximum absolute atomic E-state index is 12.4. The van der Waals surface area contributed by atoms with Gasteiger partial charge in [0.15, 0.2) is 0 Å². The molecule has 0 saturated carbocycles. The monoisotopic (exact) mass is 382 g/mol. The van der Waals surface area contributed by atoms with Crippen LogP contribution in [-0.2, 0) is 9.59 Å². The Bertz CT molecular complexity index is 841. The first-order valence-corrected chi connectivity index (χ1v) is 9.50. The van der Waals surface area contributed by atoms with Crippen LogP contribution in [-0.4, -0.2) is 29.8 Å². The summed E-state index contributed by atoms with van der Waals surface area (Å²) in [6.45, 7) is 3.12. The molecule has 1 fully saturated rings. The third kappa shape index (κ3) is 5.20. The van der Waals surface area contributed by atoms with Crippen molar-refractivity contribution in [3.63, 3.8) is 0 Å². The summed E-state index contributed by atoms with van der Waals surface area (Å²) in [7, 11) is 0. The van der Waals surface area contributed by atoms with Crippen LogP contribution in [0.5, 0.6) is 0 Å². The predicted octanol–water partition coefficient (Wildman–Crippen LogP) is 4.54. The number of benzene rings is 2. The van der Waals surface area contributed by atoms with Crippen LogP contribution in [0.3, 0.4) is 0 Å². The number of nitrogens with one attached hydrogen (secondary N) is 1. The van der Waals surface area contributed by atoms with Crippen molar-refractivity contribution in [3.8, 4) is 0 Å². The van der Waals surface area contributed by atoms with E-state index in [1.54, 1.807) is 17.1 Å². The van der Waals surface area contributed by atoms with Gasteiger partial charge in [0.1, 0.15) is 0 Å². The van der Waals surface area contributed by atoms with E-state index in [1.807, 2.05) is 55.5 Å². The zero-order valence-electron chi connectivity index (χ0n) is 15.3. The Hall–Kier alpha value is -2.59. The van der Waals surface area contributed by atoms with Crippen LogP contribution in [0.25, 0.3) is 6.08 Å². The van der Waals surface area contributed by atoms with Gasteiger partial charge in [0.25, 0.3) is 0 Å². The molecule has 1 heterocycles. The predicted molar refractivity (Wildman–Crippen MR) is 110 cm³/mol. The maximum Gasteiger partial charge on any atom is 0.246 e. The fourth-order valence-electron chi connectivity index (χ4n) is 3.11. The molecular weight excluding hydrogens is 360 g/mol. The van der Waals surface area contributed by atoms with E-state index < -0.39 is 0 Å². The maximum atomic E-state index is 12.4.